The van der Waals surface area contributed by atoms with Gasteiger partial charge < -0.3 is 15.8 Å². The molecular weight excluding hydrogens is 282 g/mol. The monoisotopic (exact) mass is 299 g/mol. The number of halogens is 1. The van der Waals surface area contributed by atoms with Gasteiger partial charge in [-0.3, -0.25) is 0 Å². The third-order valence-electron chi connectivity index (χ3n) is 3.07. The molecule has 0 aliphatic carbocycles. The molecule has 2 heterocycles. The summed E-state index contributed by atoms with van der Waals surface area (Å²) in [6, 6.07) is 0. The minimum absolute atomic E-state index is 0.301. The first-order valence-electron chi connectivity index (χ1n) is 5.94. The van der Waals surface area contributed by atoms with Crippen LogP contribution >= 0.6 is 15.9 Å². The summed E-state index contributed by atoms with van der Waals surface area (Å²) in [6.45, 7) is 3.65. The predicted molar refractivity (Wildman–Crippen MR) is 73.2 cm³/mol. The molecule has 4 nitrogen and oxygen atoms in total. The fourth-order valence-electron chi connectivity index (χ4n) is 1.89. The van der Waals surface area contributed by atoms with E-state index in [0.717, 1.165) is 35.4 Å². The second-order valence-corrected chi connectivity index (χ2v) is 5.16. The molecule has 2 rings (SSSR count). The third-order valence-corrected chi connectivity index (χ3v) is 4.04. The predicted octanol–water partition coefficient (Wildman–Crippen LogP) is 2.72. The van der Waals surface area contributed by atoms with Crippen molar-refractivity contribution in [3.05, 3.63) is 16.2 Å². The molecule has 1 aliphatic rings. The van der Waals surface area contributed by atoms with Gasteiger partial charge in [0.25, 0.3) is 0 Å². The Hall–Kier alpha value is -0.810. The highest BCUT2D eigenvalue weighted by Gasteiger charge is 2.14. The van der Waals surface area contributed by atoms with Gasteiger partial charge in [-0.25, -0.2) is 4.98 Å². The summed E-state index contributed by atoms with van der Waals surface area (Å²) in [4.78, 5) is 4.28. The molecule has 3 N–H and O–H groups in total. The highest BCUT2D eigenvalue weighted by atomic mass is 79.9. The average molecular weight is 300 g/mol. The Labute approximate surface area is 110 Å². The molecule has 1 atom stereocenters. The van der Waals surface area contributed by atoms with Gasteiger partial charge in [0.2, 0.25) is 0 Å². The standard InChI is InChI=1S/C12H18BrN3O/c1-8-10(14)7-16-12(11(8)13)15-6-9-4-2-3-5-17-9/h7,9H,2-6,14H2,1H3,(H,15,16). The Balaban J connectivity index is 1.96. The van der Waals surface area contributed by atoms with Gasteiger partial charge in [-0.05, 0) is 47.7 Å². The fourth-order valence-corrected chi connectivity index (χ4v) is 2.37. The maximum absolute atomic E-state index is 5.78. The second-order valence-electron chi connectivity index (χ2n) is 4.37. The first-order valence-corrected chi connectivity index (χ1v) is 6.74. The molecular formula is C12H18BrN3O. The van der Waals surface area contributed by atoms with E-state index >= 15 is 0 Å². The number of anilines is 2. The molecule has 1 aliphatic heterocycles. The van der Waals surface area contributed by atoms with E-state index in [1.165, 1.54) is 12.8 Å². The summed E-state index contributed by atoms with van der Waals surface area (Å²) >= 11 is 3.51. The smallest absolute Gasteiger partial charge is 0.140 e. The van der Waals surface area contributed by atoms with Crippen molar-refractivity contribution in [1.29, 1.82) is 0 Å². The Morgan fingerprint density at radius 1 is 1.59 bits per heavy atom. The van der Waals surface area contributed by atoms with Gasteiger partial charge in [-0.1, -0.05) is 0 Å². The van der Waals surface area contributed by atoms with E-state index in [-0.39, 0.29) is 0 Å². The number of nitrogens with one attached hydrogen (secondary N) is 1. The maximum atomic E-state index is 5.78. The number of nitrogens with two attached hydrogens (primary N) is 1. The lowest BCUT2D eigenvalue weighted by molar-refractivity contribution is 0.0247. The molecule has 1 unspecified atom stereocenters. The number of hydrogen-bond donors (Lipinski definition) is 2. The Morgan fingerprint density at radius 2 is 2.41 bits per heavy atom. The quantitative estimate of drug-likeness (QED) is 0.901. The fraction of sp³-hybridized carbons (Fsp3) is 0.583. The second kappa shape index (κ2) is 5.69. The highest BCUT2D eigenvalue weighted by Crippen LogP contribution is 2.27. The van der Waals surface area contributed by atoms with E-state index in [0.29, 0.717) is 11.8 Å². The number of pyridine rings is 1. The normalized spacial score (nSPS) is 20.2. The largest absolute Gasteiger partial charge is 0.397 e. The van der Waals surface area contributed by atoms with Gasteiger partial charge in [0.15, 0.2) is 0 Å². The van der Waals surface area contributed by atoms with Gasteiger partial charge in [-0.2, -0.15) is 0 Å². The molecule has 1 saturated heterocycles. The van der Waals surface area contributed by atoms with E-state index < -0.39 is 0 Å². The number of aromatic nitrogens is 1. The number of hydrogen-bond acceptors (Lipinski definition) is 4. The van der Waals surface area contributed by atoms with Crippen LogP contribution in [0, 0.1) is 6.92 Å². The molecule has 0 amide bonds. The molecule has 0 saturated carbocycles. The molecule has 0 spiro atoms. The lowest BCUT2D eigenvalue weighted by Gasteiger charge is -2.23. The zero-order valence-electron chi connectivity index (χ0n) is 10.0. The summed E-state index contributed by atoms with van der Waals surface area (Å²) < 4.78 is 6.60. The van der Waals surface area contributed by atoms with Crippen LogP contribution in [0.3, 0.4) is 0 Å². The highest BCUT2D eigenvalue weighted by molar-refractivity contribution is 9.10. The van der Waals surface area contributed by atoms with E-state index in [2.05, 4.69) is 26.2 Å². The van der Waals surface area contributed by atoms with Crippen LogP contribution in [0.25, 0.3) is 0 Å². The van der Waals surface area contributed by atoms with Gasteiger partial charge >= 0.3 is 0 Å². The molecule has 5 heteroatoms. The number of rotatable bonds is 3. The maximum Gasteiger partial charge on any atom is 0.140 e. The average Bonchev–Trinajstić information content (AvgIpc) is 2.36. The Morgan fingerprint density at radius 3 is 3.12 bits per heavy atom. The molecule has 0 aromatic carbocycles. The zero-order valence-corrected chi connectivity index (χ0v) is 11.6. The number of nitrogens with zero attached hydrogens (tertiary/aromatic N) is 1. The molecule has 1 aromatic heterocycles. The summed E-state index contributed by atoms with van der Waals surface area (Å²) in [5, 5.41) is 3.31. The lowest BCUT2D eigenvalue weighted by Crippen LogP contribution is -2.27. The van der Waals surface area contributed by atoms with Crippen molar-refractivity contribution in [2.24, 2.45) is 0 Å². The summed E-state index contributed by atoms with van der Waals surface area (Å²) in [5.74, 6) is 0.839. The van der Waals surface area contributed by atoms with E-state index in [9.17, 15) is 0 Å². The van der Waals surface area contributed by atoms with Crippen LogP contribution in [-0.4, -0.2) is 24.2 Å². The SMILES string of the molecule is Cc1c(N)cnc(NCC2CCCCO2)c1Br. The van der Waals surface area contributed by atoms with Crippen LogP contribution in [0.4, 0.5) is 11.5 Å². The molecule has 94 valence electrons. The van der Waals surface area contributed by atoms with E-state index in [1.807, 2.05) is 6.92 Å². The first-order chi connectivity index (χ1) is 8.18. The van der Waals surface area contributed by atoms with Crippen LogP contribution < -0.4 is 11.1 Å². The van der Waals surface area contributed by atoms with Crippen molar-refractivity contribution >= 4 is 27.4 Å². The molecule has 0 bridgehead atoms. The summed E-state index contributed by atoms with van der Waals surface area (Å²) in [6.07, 6.45) is 5.54. The van der Waals surface area contributed by atoms with Gasteiger partial charge in [-0.15, -0.1) is 0 Å². The van der Waals surface area contributed by atoms with Crippen LogP contribution in [-0.2, 0) is 4.74 Å². The van der Waals surface area contributed by atoms with Crippen LogP contribution in [0.1, 0.15) is 24.8 Å². The zero-order chi connectivity index (χ0) is 12.3. The first kappa shape index (κ1) is 12.6. The minimum Gasteiger partial charge on any atom is -0.397 e. The van der Waals surface area contributed by atoms with Crippen molar-refractivity contribution in [2.45, 2.75) is 32.3 Å². The van der Waals surface area contributed by atoms with Crippen LogP contribution in [0.5, 0.6) is 0 Å². The third kappa shape index (κ3) is 3.10. The summed E-state index contributed by atoms with van der Waals surface area (Å²) in [7, 11) is 0. The Kier molecular flexibility index (Phi) is 4.23. The lowest BCUT2D eigenvalue weighted by atomic mass is 10.1. The van der Waals surface area contributed by atoms with Crippen molar-refractivity contribution in [2.75, 3.05) is 24.2 Å². The summed E-state index contributed by atoms with van der Waals surface area (Å²) in [5.41, 5.74) is 7.51. The van der Waals surface area contributed by atoms with E-state index in [4.69, 9.17) is 10.5 Å². The van der Waals surface area contributed by atoms with Gasteiger partial charge in [0.05, 0.1) is 22.5 Å². The van der Waals surface area contributed by atoms with Crippen LogP contribution in [0.2, 0.25) is 0 Å². The number of nitrogen functional groups attached to an aromatic ring is 1. The topological polar surface area (TPSA) is 60.2 Å². The van der Waals surface area contributed by atoms with Gasteiger partial charge in [0, 0.05) is 13.2 Å². The van der Waals surface area contributed by atoms with Crippen molar-refractivity contribution in [3.63, 3.8) is 0 Å². The van der Waals surface area contributed by atoms with Gasteiger partial charge in [0.1, 0.15) is 5.82 Å². The molecule has 1 fully saturated rings. The van der Waals surface area contributed by atoms with E-state index in [1.54, 1.807) is 6.20 Å². The molecule has 0 radical (unpaired) electrons. The van der Waals surface area contributed by atoms with Crippen molar-refractivity contribution in [3.8, 4) is 0 Å². The number of ether oxygens (including phenoxy) is 1. The minimum atomic E-state index is 0.301. The Bertz CT molecular complexity index is 392. The van der Waals surface area contributed by atoms with Crippen molar-refractivity contribution in [1.82, 2.24) is 4.98 Å². The molecule has 17 heavy (non-hydrogen) atoms. The van der Waals surface area contributed by atoms with Crippen LogP contribution in [0.15, 0.2) is 10.7 Å². The van der Waals surface area contributed by atoms with Crippen molar-refractivity contribution < 1.29 is 4.74 Å². The molecule has 1 aromatic rings.